The van der Waals surface area contributed by atoms with Gasteiger partial charge in [-0.05, 0) is 36.2 Å². The predicted molar refractivity (Wildman–Crippen MR) is 105 cm³/mol. The molecule has 2 aliphatic rings. The highest BCUT2D eigenvalue weighted by atomic mass is 16.5. The minimum Gasteiger partial charge on any atom is -0.497 e. The lowest BCUT2D eigenvalue weighted by molar-refractivity contribution is 0.0729. The van der Waals surface area contributed by atoms with Crippen LogP contribution >= 0.6 is 0 Å². The molecule has 1 aromatic carbocycles. The molecule has 138 valence electrons. The van der Waals surface area contributed by atoms with Gasteiger partial charge in [0.05, 0.1) is 7.11 Å². The quantitative estimate of drug-likeness (QED) is 0.761. The zero-order valence-electron chi connectivity index (χ0n) is 15.6. The molecule has 0 saturated heterocycles. The molecule has 6 heteroatoms. The standard InChI is InChI=1S/C21H22N4O2/c1-24-9-7-13-3-5-19(23-20(13)24)21(26)25-10-8-18-16(12-25)15-11-14(27-2)4-6-17(15)22-18/h3-6,11,22H,7-10,12H2,1-2H3. The Labute approximate surface area is 157 Å². The second-order valence-electron chi connectivity index (χ2n) is 7.32. The number of aromatic nitrogens is 2. The molecular formula is C21H22N4O2. The molecule has 5 rings (SSSR count). The molecule has 4 heterocycles. The third kappa shape index (κ3) is 2.55. The van der Waals surface area contributed by atoms with Crippen molar-refractivity contribution in [3.05, 3.63) is 52.8 Å². The van der Waals surface area contributed by atoms with E-state index in [2.05, 4.69) is 14.9 Å². The number of carbonyl (C=O) groups is 1. The number of methoxy groups -OCH3 is 1. The van der Waals surface area contributed by atoms with Gasteiger partial charge in [0.2, 0.25) is 0 Å². The van der Waals surface area contributed by atoms with Gasteiger partial charge >= 0.3 is 0 Å². The van der Waals surface area contributed by atoms with Crippen molar-refractivity contribution in [2.45, 2.75) is 19.4 Å². The number of hydrogen-bond donors (Lipinski definition) is 1. The van der Waals surface area contributed by atoms with E-state index in [1.54, 1.807) is 7.11 Å². The molecule has 27 heavy (non-hydrogen) atoms. The van der Waals surface area contributed by atoms with E-state index in [9.17, 15) is 4.79 Å². The number of nitrogens with one attached hydrogen (secondary N) is 1. The first-order chi connectivity index (χ1) is 13.1. The van der Waals surface area contributed by atoms with Crippen LogP contribution in [0.1, 0.15) is 27.3 Å². The van der Waals surface area contributed by atoms with Crippen LogP contribution in [-0.2, 0) is 19.4 Å². The van der Waals surface area contributed by atoms with E-state index in [0.717, 1.165) is 41.9 Å². The van der Waals surface area contributed by atoms with Gasteiger partial charge in [0.25, 0.3) is 5.91 Å². The number of carbonyl (C=O) groups excluding carboxylic acids is 1. The van der Waals surface area contributed by atoms with Crippen molar-refractivity contribution in [2.75, 3.05) is 32.1 Å². The fourth-order valence-electron chi connectivity index (χ4n) is 4.17. The molecule has 1 N–H and O–H groups in total. The number of hydrogen-bond acceptors (Lipinski definition) is 4. The lowest BCUT2D eigenvalue weighted by atomic mass is 10.0. The highest BCUT2D eigenvalue weighted by molar-refractivity contribution is 5.94. The number of fused-ring (bicyclic) bond motifs is 4. The Hall–Kier alpha value is -3.02. The number of rotatable bonds is 2. The summed E-state index contributed by atoms with van der Waals surface area (Å²) in [7, 11) is 3.70. The molecule has 3 aromatic rings. The van der Waals surface area contributed by atoms with Crippen LogP contribution < -0.4 is 9.64 Å². The summed E-state index contributed by atoms with van der Waals surface area (Å²) in [6.07, 6.45) is 1.82. The van der Waals surface area contributed by atoms with Gasteiger partial charge in [0.1, 0.15) is 17.3 Å². The molecule has 0 bridgehead atoms. The second-order valence-corrected chi connectivity index (χ2v) is 7.32. The number of ether oxygens (including phenoxy) is 1. The van der Waals surface area contributed by atoms with E-state index in [1.807, 2.05) is 42.3 Å². The Morgan fingerprint density at radius 3 is 2.93 bits per heavy atom. The van der Waals surface area contributed by atoms with E-state index in [4.69, 9.17) is 4.74 Å². The highest BCUT2D eigenvalue weighted by Crippen LogP contribution is 2.31. The van der Waals surface area contributed by atoms with Crippen LogP contribution in [0, 0.1) is 0 Å². The van der Waals surface area contributed by atoms with E-state index in [-0.39, 0.29) is 5.91 Å². The predicted octanol–water partition coefficient (Wildman–Crippen LogP) is 2.76. The minimum atomic E-state index is 0.000922. The Kier molecular flexibility index (Phi) is 3.60. The molecule has 0 radical (unpaired) electrons. The number of amides is 1. The summed E-state index contributed by atoms with van der Waals surface area (Å²) in [6, 6.07) is 9.95. The van der Waals surface area contributed by atoms with Crippen LogP contribution in [0.3, 0.4) is 0 Å². The smallest absolute Gasteiger partial charge is 0.272 e. The van der Waals surface area contributed by atoms with Crippen molar-refractivity contribution in [3.63, 3.8) is 0 Å². The molecule has 2 aliphatic heterocycles. The van der Waals surface area contributed by atoms with Gasteiger partial charge in [-0.15, -0.1) is 0 Å². The average Bonchev–Trinajstić information content (AvgIpc) is 3.26. The molecule has 2 aromatic heterocycles. The number of likely N-dealkylation sites (N-methyl/N-ethyl adjacent to an activating group) is 1. The zero-order valence-corrected chi connectivity index (χ0v) is 15.6. The monoisotopic (exact) mass is 362 g/mol. The van der Waals surface area contributed by atoms with E-state index in [1.165, 1.54) is 16.8 Å². The molecule has 1 amide bonds. The molecular weight excluding hydrogens is 340 g/mol. The van der Waals surface area contributed by atoms with Crippen molar-refractivity contribution in [1.29, 1.82) is 0 Å². The number of nitrogens with zero attached hydrogens (tertiary/aromatic N) is 3. The Morgan fingerprint density at radius 1 is 1.19 bits per heavy atom. The van der Waals surface area contributed by atoms with E-state index in [0.29, 0.717) is 18.8 Å². The number of benzene rings is 1. The number of anilines is 1. The third-order valence-electron chi connectivity index (χ3n) is 5.72. The van der Waals surface area contributed by atoms with E-state index < -0.39 is 0 Å². The minimum absolute atomic E-state index is 0.000922. The zero-order chi connectivity index (χ0) is 18.5. The summed E-state index contributed by atoms with van der Waals surface area (Å²) in [5.41, 5.74) is 5.24. The first-order valence-electron chi connectivity index (χ1n) is 9.32. The van der Waals surface area contributed by atoms with Crippen LogP contribution in [-0.4, -0.2) is 48.0 Å². The van der Waals surface area contributed by atoms with Crippen molar-refractivity contribution in [1.82, 2.24) is 14.9 Å². The number of aromatic amines is 1. The molecule has 6 nitrogen and oxygen atoms in total. The summed E-state index contributed by atoms with van der Waals surface area (Å²) in [6.45, 7) is 2.25. The van der Waals surface area contributed by atoms with Crippen LogP contribution in [0.4, 0.5) is 5.82 Å². The van der Waals surface area contributed by atoms with Gasteiger partial charge in [-0.25, -0.2) is 4.98 Å². The van der Waals surface area contributed by atoms with Crippen molar-refractivity contribution in [2.24, 2.45) is 0 Å². The van der Waals surface area contributed by atoms with Crippen molar-refractivity contribution < 1.29 is 9.53 Å². The first-order valence-corrected chi connectivity index (χ1v) is 9.32. The summed E-state index contributed by atoms with van der Waals surface area (Å²) in [4.78, 5) is 25.3. The van der Waals surface area contributed by atoms with Crippen LogP contribution in [0.15, 0.2) is 30.3 Å². The highest BCUT2D eigenvalue weighted by Gasteiger charge is 2.27. The molecule has 0 spiro atoms. The maximum Gasteiger partial charge on any atom is 0.272 e. The Morgan fingerprint density at radius 2 is 2.07 bits per heavy atom. The van der Waals surface area contributed by atoms with E-state index >= 15 is 0 Å². The summed E-state index contributed by atoms with van der Waals surface area (Å²) >= 11 is 0. The Bertz CT molecular complexity index is 1060. The topological polar surface area (TPSA) is 61.5 Å². The van der Waals surface area contributed by atoms with Gasteiger partial charge in [-0.1, -0.05) is 6.07 Å². The molecule has 0 unspecified atom stereocenters. The summed E-state index contributed by atoms with van der Waals surface area (Å²) in [5.74, 6) is 1.77. The third-order valence-corrected chi connectivity index (χ3v) is 5.72. The maximum atomic E-state index is 13.1. The maximum absolute atomic E-state index is 13.1. The lowest BCUT2D eigenvalue weighted by Crippen LogP contribution is -2.36. The van der Waals surface area contributed by atoms with Crippen molar-refractivity contribution >= 4 is 22.6 Å². The fourth-order valence-corrected chi connectivity index (χ4v) is 4.17. The van der Waals surface area contributed by atoms with Gasteiger partial charge in [-0.2, -0.15) is 0 Å². The molecule has 0 saturated carbocycles. The summed E-state index contributed by atoms with van der Waals surface area (Å²) in [5, 5.41) is 1.13. The van der Waals surface area contributed by atoms with Gasteiger partial charge in [0, 0.05) is 55.3 Å². The number of pyridine rings is 1. The first kappa shape index (κ1) is 16.2. The fraction of sp³-hybridized carbons (Fsp3) is 0.333. The largest absolute Gasteiger partial charge is 0.497 e. The second kappa shape index (κ2) is 6.01. The van der Waals surface area contributed by atoms with Crippen LogP contribution in [0.25, 0.3) is 10.9 Å². The van der Waals surface area contributed by atoms with Crippen molar-refractivity contribution in [3.8, 4) is 5.75 Å². The van der Waals surface area contributed by atoms with Crippen LogP contribution in [0.2, 0.25) is 0 Å². The van der Waals surface area contributed by atoms with Gasteiger partial charge in [0.15, 0.2) is 0 Å². The van der Waals surface area contributed by atoms with Gasteiger partial charge in [-0.3, -0.25) is 4.79 Å². The molecule has 0 atom stereocenters. The SMILES string of the molecule is COc1ccc2[nH]c3c(c2c1)CN(C(=O)c1ccc2c(n1)N(C)CC2)CC3. The van der Waals surface area contributed by atoms with Gasteiger partial charge < -0.3 is 19.5 Å². The van der Waals surface area contributed by atoms with Crippen LogP contribution in [0.5, 0.6) is 5.75 Å². The molecule has 0 aliphatic carbocycles. The average molecular weight is 362 g/mol. The lowest BCUT2D eigenvalue weighted by Gasteiger charge is -2.27. The number of H-pyrrole nitrogens is 1. The summed E-state index contributed by atoms with van der Waals surface area (Å²) < 4.78 is 5.37. The Balaban J connectivity index is 1.47. The normalized spacial score (nSPS) is 15.8. The molecule has 0 fully saturated rings.